The van der Waals surface area contributed by atoms with Gasteiger partial charge in [0.1, 0.15) is 29.3 Å². The van der Waals surface area contributed by atoms with Crippen LogP contribution in [0.5, 0.6) is 11.5 Å². The van der Waals surface area contributed by atoms with Crippen molar-refractivity contribution in [2.45, 2.75) is 20.0 Å². The van der Waals surface area contributed by atoms with Crippen molar-refractivity contribution in [2.75, 3.05) is 43.1 Å². The molecule has 0 bridgehead atoms. The Balaban J connectivity index is 1.42. The lowest BCUT2D eigenvalue weighted by atomic mass is 10.2. The third-order valence-electron chi connectivity index (χ3n) is 5.81. The van der Waals surface area contributed by atoms with E-state index >= 15 is 0 Å². The summed E-state index contributed by atoms with van der Waals surface area (Å²) in [7, 11) is 1.72. The lowest BCUT2D eigenvalue weighted by Gasteiger charge is -2.37. The minimum Gasteiger partial charge on any atom is -0.495 e. The van der Waals surface area contributed by atoms with Crippen molar-refractivity contribution in [1.82, 2.24) is 19.7 Å². The van der Waals surface area contributed by atoms with Gasteiger partial charge < -0.3 is 19.3 Å². The SMILES string of the molecule is COc1ccccc1N1CCN(c2ncnc3c2cnn3-c2ccccc2OC(C)C)CC1. The van der Waals surface area contributed by atoms with Crippen molar-refractivity contribution >= 4 is 22.5 Å². The van der Waals surface area contributed by atoms with Crippen molar-refractivity contribution in [2.24, 2.45) is 0 Å². The van der Waals surface area contributed by atoms with Crippen LogP contribution in [0, 0.1) is 0 Å². The number of hydrogen-bond donors (Lipinski definition) is 0. The van der Waals surface area contributed by atoms with Crippen LogP contribution >= 0.6 is 0 Å². The van der Waals surface area contributed by atoms with Crippen LogP contribution in [0.1, 0.15) is 13.8 Å². The summed E-state index contributed by atoms with van der Waals surface area (Å²) in [5.74, 6) is 2.59. The summed E-state index contributed by atoms with van der Waals surface area (Å²) in [5, 5.41) is 5.59. The van der Waals surface area contributed by atoms with Gasteiger partial charge in [-0.2, -0.15) is 5.10 Å². The summed E-state index contributed by atoms with van der Waals surface area (Å²) >= 11 is 0. The molecule has 0 atom stereocenters. The predicted octanol–water partition coefficient (Wildman–Crippen LogP) is 3.94. The highest BCUT2D eigenvalue weighted by molar-refractivity contribution is 5.88. The molecule has 0 N–H and O–H groups in total. The first-order valence-electron chi connectivity index (χ1n) is 11.2. The summed E-state index contributed by atoms with van der Waals surface area (Å²) < 4.78 is 13.4. The van der Waals surface area contributed by atoms with Crippen LogP contribution in [0.15, 0.2) is 61.1 Å². The molecule has 0 unspecified atom stereocenters. The first-order valence-corrected chi connectivity index (χ1v) is 11.2. The molecule has 8 heteroatoms. The molecule has 170 valence electrons. The quantitative estimate of drug-likeness (QED) is 0.446. The average Bonchev–Trinajstić information content (AvgIpc) is 3.28. The van der Waals surface area contributed by atoms with Gasteiger partial charge in [-0.1, -0.05) is 24.3 Å². The minimum atomic E-state index is 0.0673. The van der Waals surface area contributed by atoms with Gasteiger partial charge in [0.25, 0.3) is 0 Å². The van der Waals surface area contributed by atoms with Crippen LogP contribution in [0.25, 0.3) is 16.7 Å². The normalized spacial score (nSPS) is 14.2. The second-order valence-electron chi connectivity index (χ2n) is 8.27. The number of anilines is 2. The monoisotopic (exact) mass is 444 g/mol. The fourth-order valence-corrected chi connectivity index (χ4v) is 4.30. The van der Waals surface area contributed by atoms with Crippen molar-refractivity contribution in [3.05, 3.63) is 61.1 Å². The molecule has 0 aliphatic carbocycles. The van der Waals surface area contributed by atoms with Gasteiger partial charge in [-0.15, -0.1) is 0 Å². The lowest BCUT2D eigenvalue weighted by molar-refractivity contribution is 0.241. The maximum absolute atomic E-state index is 6.01. The molecule has 2 aromatic heterocycles. The topological polar surface area (TPSA) is 68.5 Å². The van der Waals surface area contributed by atoms with Gasteiger partial charge in [-0.25, -0.2) is 14.6 Å². The van der Waals surface area contributed by atoms with E-state index in [4.69, 9.17) is 9.47 Å². The number of benzene rings is 2. The Morgan fingerprint density at radius 3 is 2.21 bits per heavy atom. The van der Waals surface area contributed by atoms with Gasteiger partial charge in [0.15, 0.2) is 5.65 Å². The first kappa shape index (κ1) is 21.1. The van der Waals surface area contributed by atoms with Gasteiger partial charge in [0.05, 0.1) is 30.5 Å². The summed E-state index contributed by atoms with van der Waals surface area (Å²) in [5.41, 5.74) is 2.76. The number of methoxy groups -OCH3 is 1. The van der Waals surface area contributed by atoms with Crippen LogP contribution in [-0.4, -0.2) is 59.1 Å². The summed E-state index contributed by atoms with van der Waals surface area (Å²) in [6.45, 7) is 7.49. The predicted molar refractivity (Wildman–Crippen MR) is 130 cm³/mol. The Morgan fingerprint density at radius 1 is 0.818 bits per heavy atom. The molecule has 1 aliphatic rings. The molecule has 3 heterocycles. The lowest BCUT2D eigenvalue weighted by Crippen LogP contribution is -2.47. The van der Waals surface area contributed by atoms with E-state index in [0.717, 1.165) is 65.9 Å². The minimum absolute atomic E-state index is 0.0673. The summed E-state index contributed by atoms with van der Waals surface area (Å²) in [6, 6.07) is 16.1. The van der Waals surface area contributed by atoms with Gasteiger partial charge in [-0.05, 0) is 38.1 Å². The Hall–Kier alpha value is -3.81. The molecule has 2 aromatic carbocycles. The van der Waals surface area contributed by atoms with Crippen molar-refractivity contribution in [3.63, 3.8) is 0 Å². The smallest absolute Gasteiger partial charge is 0.168 e. The highest BCUT2D eigenvalue weighted by atomic mass is 16.5. The number of nitrogens with zero attached hydrogens (tertiary/aromatic N) is 6. The highest BCUT2D eigenvalue weighted by Gasteiger charge is 2.23. The molecule has 0 saturated carbocycles. The molecule has 33 heavy (non-hydrogen) atoms. The fourth-order valence-electron chi connectivity index (χ4n) is 4.30. The van der Waals surface area contributed by atoms with Crippen molar-refractivity contribution in [3.8, 4) is 17.2 Å². The third kappa shape index (κ3) is 4.04. The Bertz CT molecular complexity index is 1250. The largest absolute Gasteiger partial charge is 0.495 e. The number of aromatic nitrogens is 4. The van der Waals surface area contributed by atoms with Crippen molar-refractivity contribution < 1.29 is 9.47 Å². The number of piperazine rings is 1. The zero-order valence-corrected chi connectivity index (χ0v) is 19.2. The number of hydrogen-bond acceptors (Lipinski definition) is 7. The Labute approximate surface area is 193 Å². The number of fused-ring (bicyclic) bond motifs is 1. The number of para-hydroxylation sites is 4. The molecule has 1 aliphatic heterocycles. The molecule has 5 rings (SSSR count). The van der Waals surface area contributed by atoms with E-state index in [9.17, 15) is 0 Å². The molecule has 1 fully saturated rings. The number of ether oxygens (including phenoxy) is 2. The molecule has 1 saturated heterocycles. The number of rotatable bonds is 6. The van der Waals surface area contributed by atoms with Gasteiger partial charge in [0.2, 0.25) is 0 Å². The van der Waals surface area contributed by atoms with E-state index in [0.29, 0.717) is 0 Å². The third-order valence-corrected chi connectivity index (χ3v) is 5.81. The molecule has 8 nitrogen and oxygen atoms in total. The highest BCUT2D eigenvalue weighted by Crippen LogP contribution is 2.32. The fraction of sp³-hybridized carbons (Fsp3) is 0.320. The van der Waals surface area contributed by atoms with E-state index in [1.54, 1.807) is 13.4 Å². The zero-order valence-electron chi connectivity index (χ0n) is 19.2. The van der Waals surface area contributed by atoms with Crippen LogP contribution in [0.4, 0.5) is 11.5 Å². The van der Waals surface area contributed by atoms with E-state index in [1.165, 1.54) is 0 Å². The maximum atomic E-state index is 6.01. The Kier molecular flexibility index (Phi) is 5.73. The Morgan fingerprint density at radius 2 is 1.48 bits per heavy atom. The van der Waals surface area contributed by atoms with Gasteiger partial charge in [0, 0.05) is 26.2 Å². The summed E-state index contributed by atoms with van der Waals surface area (Å²) in [6.07, 6.45) is 3.54. The van der Waals surface area contributed by atoms with Crippen LogP contribution in [0.2, 0.25) is 0 Å². The standard InChI is InChI=1S/C25H28N6O2/c1-18(2)33-23-11-7-5-9-21(23)31-25-19(16-28-31)24(26-17-27-25)30-14-12-29(13-15-30)20-8-4-6-10-22(20)32-3/h4-11,16-18H,12-15H2,1-3H3. The van der Waals surface area contributed by atoms with E-state index in [1.807, 2.05) is 67.2 Å². The van der Waals surface area contributed by atoms with Crippen LogP contribution in [0.3, 0.4) is 0 Å². The second-order valence-corrected chi connectivity index (χ2v) is 8.27. The van der Waals surface area contributed by atoms with Crippen LogP contribution in [-0.2, 0) is 0 Å². The molecular formula is C25H28N6O2. The molecular weight excluding hydrogens is 416 g/mol. The molecule has 0 spiro atoms. The van der Waals surface area contributed by atoms with E-state index in [-0.39, 0.29) is 6.10 Å². The first-order chi connectivity index (χ1) is 16.2. The van der Waals surface area contributed by atoms with Gasteiger partial charge in [-0.3, -0.25) is 0 Å². The molecule has 0 amide bonds. The van der Waals surface area contributed by atoms with Crippen LogP contribution < -0.4 is 19.3 Å². The summed E-state index contributed by atoms with van der Waals surface area (Å²) in [4.78, 5) is 13.8. The second kappa shape index (κ2) is 8.97. The van der Waals surface area contributed by atoms with Gasteiger partial charge >= 0.3 is 0 Å². The molecule has 4 aromatic rings. The zero-order chi connectivity index (χ0) is 22.8. The maximum Gasteiger partial charge on any atom is 0.168 e. The van der Waals surface area contributed by atoms with E-state index < -0.39 is 0 Å². The molecule has 0 radical (unpaired) electrons. The van der Waals surface area contributed by atoms with E-state index in [2.05, 4.69) is 30.9 Å². The average molecular weight is 445 g/mol. The van der Waals surface area contributed by atoms with Crippen molar-refractivity contribution in [1.29, 1.82) is 0 Å².